The second-order valence-electron chi connectivity index (χ2n) is 4.10. The van der Waals surface area contributed by atoms with E-state index >= 15 is 0 Å². The molecule has 0 amide bonds. The second-order valence-corrected chi connectivity index (χ2v) is 5.13. The molecule has 3 nitrogen and oxygen atoms in total. The Bertz CT molecular complexity index is 422. The van der Waals surface area contributed by atoms with Crippen molar-refractivity contribution >= 4 is 21.7 Å². The molecule has 0 atom stereocenters. The fraction of sp³-hybridized carbons (Fsp3) is 0.500. The Morgan fingerprint density at radius 2 is 2.21 bits per heavy atom. The van der Waals surface area contributed by atoms with Gasteiger partial charge in [0.05, 0.1) is 17.4 Å². The van der Waals surface area contributed by atoms with Crippen molar-refractivity contribution in [2.24, 2.45) is 5.73 Å². The number of nitrogens with one attached hydrogen (secondary N) is 1. The number of imidazole rings is 1. The van der Waals surface area contributed by atoms with Crippen molar-refractivity contribution < 1.29 is 0 Å². The number of hydrogen-bond acceptors (Lipinski definition) is 3. The summed E-state index contributed by atoms with van der Waals surface area (Å²) in [6, 6.07) is 2.16. The molecular weight excluding hydrogens is 194 g/mol. The molecule has 2 aromatic rings. The van der Waals surface area contributed by atoms with Crippen LogP contribution >= 0.6 is 11.3 Å². The topological polar surface area (TPSA) is 54.7 Å². The van der Waals surface area contributed by atoms with Crippen molar-refractivity contribution in [2.45, 2.75) is 31.2 Å². The molecule has 0 aliphatic heterocycles. The van der Waals surface area contributed by atoms with Crippen LogP contribution in [0.4, 0.5) is 0 Å². The van der Waals surface area contributed by atoms with Crippen LogP contribution in [0, 0.1) is 0 Å². The van der Waals surface area contributed by atoms with E-state index in [0.717, 1.165) is 23.2 Å². The van der Waals surface area contributed by atoms with E-state index in [0.29, 0.717) is 0 Å². The molecule has 1 aliphatic rings. The normalized spacial score (nSPS) is 20.6. The van der Waals surface area contributed by atoms with Gasteiger partial charge in [0.1, 0.15) is 4.83 Å². The summed E-state index contributed by atoms with van der Waals surface area (Å²) >= 11 is 1.73. The maximum absolute atomic E-state index is 6.37. The molecule has 0 spiro atoms. The summed E-state index contributed by atoms with van der Waals surface area (Å²) in [6.07, 6.45) is 6.50. The summed E-state index contributed by atoms with van der Waals surface area (Å²) in [6.45, 7) is 0. The number of nitrogens with zero attached hydrogens (tertiary/aromatic N) is 1. The Morgan fingerprint density at radius 3 is 2.93 bits per heavy atom. The third kappa shape index (κ3) is 1.11. The van der Waals surface area contributed by atoms with Gasteiger partial charge in [0.25, 0.3) is 0 Å². The van der Waals surface area contributed by atoms with E-state index in [1.54, 1.807) is 17.7 Å². The van der Waals surface area contributed by atoms with E-state index in [1.165, 1.54) is 17.7 Å². The summed E-state index contributed by atoms with van der Waals surface area (Å²) in [7, 11) is 0. The summed E-state index contributed by atoms with van der Waals surface area (Å²) in [5.74, 6) is 0. The molecule has 0 radical (unpaired) electrons. The molecule has 1 saturated carbocycles. The summed E-state index contributed by atoms with van der Waals surface area (Å²) in [5.41, 5.74) is 7.44. The molecule has 14 heavy (non-hydrogen) atoms. The van der Waals surface area contributed by atoms with Crippen LogP contribution in [0.25, 0.3) is 10.3 Å². The zero-order valence-electron chi connectivity index (χ0n) is 7.92. The molecule has 3 rings (SSSR count). The summed E-state index contributed by atoms with van der Waals surface area (Å²) in [4.78, 5) is 9.75. The highest BCUT2D eigenvalue weighted by atomic mass is 32.1. The van der Waals surface area contributed by atoms with Gasteiger partial charge < -0.3 is 10.7 Å². The largest absolute Gasteiger partial charge is 0.344 e. The van der Waals surface area contributed by atoms with Crippen molar-refractivity contribution in [3.05, 3.63) is 17.3 Å². The lowest BCUT2D eigenvalue weighted by molar-refractivity contribution is 0.472. The number of fused-ring (bicyclic) bond motifs is 1. The van der Waals surface area contributed by atoms with Crippen molar-refractivity contribution in [3.63, 3.8) is 0 Å². The number of aromatic amines is 1. The van der Waals surface area contributed by atoms with Crippen LogP contribution < -0.4 is 5.73 Å². The minimum absolute atomic E-state index is 0.0633. The van der Waals surface area contributed by atoms with Gasteiger partial charge in [0, 0.05) is 4.88 Å². The van der Waals surface area contributed by atoms with Crippen LogP contribution in [0.1, 0.15) is 30.6 Å². The third-order valence-corrected chi connectivity index (χ3v) is 4.36. The lowest BCUT2D eigenvalue weighted by atomic mass is 9.97. The van der Waals surface area contributed by atoms with Gasteiger partial charge in [-0.05, 0) is 18.9 Å². The highest BCUT2D eigenvalue weighted by Gasteiger charge is 2.33. The second kappa shape index (κ2) is 2.81. The molecular formula is C10H13N3S. The Kier molecular flexibility index (Phi) is 1.69. The average Bonchev–Trinajstić information content (AvgIpc) is 2.75. The first-order valence-electron chi connectivity index (χ1n) is 5.00. The summed E-state index contributed by atoms with van der Waals surface area (Å²) in [5, 5.41) is 0. The molecule has 74 valence electrons. The minimum Gasteiger partial charge on any atom is -0.344 e. The van der Waals surface area contributed by atoms with Gasteiger partial charge in [-0.25, -0.2) is 4.98 Å². The van der Waals surface area contributed by atoms with E-state index in [1.807, 2.05) is 0 Å². The van der Waals surface area contributed by atoms with Crippen molar-refractivity contribution in [1.29, 1.82) is 0 Å². The molecule has 0 bridgehead atoms. The molecule has 1 aliphatic carbocycles. The quantitative estimate of drug-likeness (QED) is 0.754. The number of rotatable bonds is 1. The predicted molar refractivity (Wildman–Crippen MR) is 58.3 cm³/mol. The van der Waals surface area contributed by atoms with E-state index in [2.05, 4.69) is 16.0 Å². The van der Waals surface area contributed by atoms with E-state index in [-0.39, 0.29) is 5.54 Å². The van der Waals surface area contributed by atoms with Gasteiger partial charge >= 0.3 is 0 Å². The molecule has 2 aromatic heterocycles. The average molecular weight is 207 g/mol. The smallest absolute Gasteiger partial charge is 0.141 e. The lowest BCUT2D eigenvalue weighted by Crippen LogP contribution is -2.31. The first-order valence-corrected chi connectivity index (χ1v) is 5.82. The monoisotopic (exact) mass is 207 g/mol. The molecule has 3 N–H and O–H groups in total. The lowest BCUT2D eigenvalue weighted by Gasteiger charge is -2.21. The van der Waals surface area contributed by atoms with Gasteiger partial charge in [-0.15, -0.1) is 11.3 Å². The maximum Gasteiger partial charge on any atom is 0.141 e. The molecule has 4 heteroatoms. The number of hydrogen-bond donors (Lipinski definition) is 2. The van der Waals surface area contributed by atoms with Crippen LogP contribution in [0.5, 0.6) is 0 Å². The first kappa shape index (κ1) is 8.44. The Labute approximate surface area is 86.3 Å². The standard InChI is InChI=1S/C10H13N3S/c11-10(3-1-2-4-10)8-5-7-9(14-8)13-6-12-7/h5-6H,1-4,11H2,(H,12,13). The van der Waals surface area contributed by atoms with Gasteiger partial charge in [-0.3, -0.25) is 0 Å². The zero-order chi connectivity index (χ0) is 9.60. The van der Waals surface area contributed by atoms with E-state index in [9.17, 15) is 0 Å². The van der Waals surface area contributed by atoms with Gasteiger partial charge in [-0.1, -0.05) is 12.8 Å². The van der Waals surface area contributed by atoms with Gasteiger partial charge in [-0.2, -0.15) is 0 Å². The van der Waals surface area contributed by atoms with E-state index < -0.39 is 0 Å². The molecule has 2 heterocycles. The van der Waals surface area contributed by atoms with Gasteiger partial charge in [0.15, 0.2) is 0 Å². The Morgan fingerprint density at radius 1 is 1.43 bits per heavy atom. The zero-order valence-corrected chi connectivity index (χ0v) is 8.73. The van der Waals surface area contributed by atoms with Gasteiger partial charge in [0.2, 0.25) is 0 Å². The fourth-order valence-corrected chi connectivity index (χ4v) is 3.36. The van der Waals surface area contributed by atoms with Crippen LogP contribution in [-0.4, -0.2) is 9.97 Å². The fourth-order valence-electron chi connectivity index (χ4n) is 2.24. The Balaban J connectivity index is 2.08. The first-order chi connectivity index (χ1) is 6.78. The maximum atomic E-state index is 6.37. The number of thiophene rings is 1. The Hall–Kier alpha value is -0.870. The molecule has 0 saturated heterocycles. The SMILES string of the molecule is NC1(c2cc3[nH]cnc3s2)CCCC1. The highest BCUT2D eigenvalue weighted by Crippen LogP contribution is 2.40. The molecule has 0 aromatic carbocycles. The number of nitrogens with two attached hydrogens (primary N) is 1. The van der Waals surface area contributed by atoms with E-state index in [4.69, 9.17) is 5.73 Å². The predicted octanol–water partition coefficient (Wildman–Crippen LogP) is 2.35. The van der Waals surface area contributed by atoms with Crippen LogP contribution in [0.3, 0.4) is 0 Å². The number of H-pyrrole nitrogens is 1. The molecule has 0 unspecified atom stereocenters. The summed E-state index contributed by atoms with van der Waals surface area (Å²) < 4.78 is 0. The van der Waals surface area contributed by atoms with Crippen molar-refractivity contribution in [1.82, 2.24) is 9.97 Å². The van der Waals surface area contributed by atoms with Crippen molar-refractivity contribution in [2.75, 3.05) is 0 Å². The minimum atomic E-state index is -0.0633. The molecule has 1 fully saturated rings. The number of aromatic nitrogens is 2. The third-order valence-electron chi connectivity index (χ3n) is 3.10. The van der Waals surface area contributed by atoms with Crippen LogP contribution in [0.2, 0.25) is 0 Å². The van der Waals surface area contributed by atoms with Crippen molar-refractivity contribution in [3.8, 4) is 0 Å². The van der Waals surface area contributed by atoms with Crippen LogP contribution in [-0.2, 0) is 5.54 Å². The van der Waals surface area contributed by atoms with Crippen LogP contribution in [0.15, 0.2) is 12.4 Å². The highest BCUT2D eigenvalue weighted by molar-refractivity contribution is 7.18.